The highest BCUT2D eigenvalue weighted by atomic mass is 15.2. The molecule has 0 radical (unpaired) electrons. The zero-order valence-corrected chi connectivity index (χ0v) is 11.8. The quantitative estimate of drug-likeness (QED) is 0.833. The molecule has 0 bridgehead atoms. The fourth-order valence-electron chi connectivity index (χ4n) is 3.18. The summed E-state index contributed by atoms with van der Waals surface area (Å²) in [5, 5.41) is 3.76. The third kappa shape index (κ3) is 3.07. The summed E-state index contributed by atoms with van der Waals surface area (Å²) >= 11 is 0. The number of piperazine rings is 1. The molecular weight excluding hydrogens is 232 g/mol. The van der Waals surface area contributed by atoms with E-state index in [4.69, 9.17) is 0 Å². The summed E-state index contributed by atoms with van der Waals surface area (Å²) in [6, 6.07) is 12.1. The summed E-state index contributed by atoms with van der Waals surface area (Å²) in [5.41, 5.74) is 2.68. The van der Waals surface area contributed by atoms with Crippen LogP contribution in [0.5, 0.6) is 0 Å². The van der Waals surface area contributed by atoms with Crippen LogP contribution in [0.1, 0.15) is 31.4 Å². The molecule has 2 heteroatoms. The van der Waals surface area contributed by atoms with Crippen molar-refractivity contribution >= 4 is 0 Å². The van der Waals surface area contributed by atoms with E-state index in [1.807, 2.05) is 0 Å². The first-order chi connectivity index (χ1) is 9.24. The van der Waals surface area contributed by atoms with E-state index in [2.05, 4.69) is 54.1 Å². The van der Waals surface area contributed by atoms with Gasteiger partial charge in [0.1, 0.15) is 0 Å². The Morgan fingerprint density at radius 3 is 2.68 bits per heavy atom. The zero-order chi connectivity index (χ0) is 13.2. The van der Waals surface area contributed by atoms with Gasteiger partial charge in [0, 0.05) is 31.7 Å². The molecule has 2 unspecified atom stereocenters. The number of benzene rings is 1. The molecule has 1 saturated carbocycles. The van der Waals surface area contributed by atoms with Crippen molar-refractivity contribution in [3.63, 3.8) is 0 Å². The van der Waals surface area contributed by atoms with Gasteiger partial charge in [-0.05, 0) is 31.2 Å². The maximum absolute atomic E-state index is 4.10. The van der Waals surface area contributed by atoms with E-state index in [0.29, 0.717) is 12.1 Å². The first-order valence-corrected chi connectivity index (χ1v) is 7.41. The second kappa shape index (κ2) is 5.48. The Labute approximate surface area is 116 Å². The summed E-state index contributed by atoms with van der Waals surface area (Å²) < 4.78 is 0. The molecule has 19 heavy (non-hydrogen) atoms. The van der Waals surface area contributed by atoms with E-state index in [1.165, 1.54) is 24.0 Å². The van der Waals surface area contributed by atoms with Crippen LogP contribution in [-0.4, -0.2) is 30.6 Å². The van der Waals surface area contributed by atoms with Crippen molar-refractivity contribution in [3.05, 3.63) is 48.0 Å². The molecule has 102 valence electrons. The molecule has 0 spiro atoms. The maximum atomic E-state index is 4.10. The molecule has 1 aromatic rings. The molecule has 2 fully saturated rings. The topological polar surface area (TPSA) is 15.3 Å². The average molecular weight is 256 g/mol. The fraction of sp³-hybridized carbons (Fsp3) is 0.529. The molecule has 0 aromatic heterocycles. The maximum Gasteiger partial charge on any atom is 0.0476 e. The van der Waals surface area contributed by atoms with Crippen LogP contribution in [0.15, 0.2) is 42.5 Å². The van der Waals surface area contributed by atoms with Crippen molar-refractivity contribution in [3.8, 4) is 0 Å². The van der Waals surface area contributed by atoms with E-state index in [9.17, 15) is 0 Å². The van der Waals surface area contributed by atoms with Crippen LogP contribution < -0.4 is 5.32 Å². The predicted molar refractivity (Wildman–Crippen MR) is 80.1 cm³/mol. The normalized spacial score (nSPS) is 28.3. The molecule has 3 rings (SSSR count). The molecule has 0 amide bonds. The highest BCUT2D eigenvalue weighted by Gasteiger charge is 2.37. The number of nitrogens with one attached hydrogen (secondary N) is 1. The van der Waals surface area contributed by atoms with Crippen molar-refractivity contribution in [2.45, 2.75) is 31.8 Å². The first kappa shape index (κ1) is 12.9. The highest BCUT2D eigenvalue weighted by molar-refractivity contribution is 5.21. The standard InChI is InChI=1S/C17H24N2/c1-13(2)11-19-12-16(14-8-9-14)18-10-17(19)15-6-4-3-5-7-15/h3-7,14,16-18H,1,8-12H2,2H3. The molecule has 2 aliphatic rings. The highest BCUT2D eigenvalue weighted by Crippen LogP contribution is 2.36. The van der Waals surface area contributed by atoms with E-state index < -0.39 is 0 Å². The molecule has 1 aliphatic carbocycles. The van der Waals surface area contributed by atoms with Crippen LogP contribution in [0.3, 0.4) is 0 Å². The minimum atomic E-state index is 0.493. The number of hydrogen-bond acceptors (Lipinski definition) is 2. The Bertz CT molecular complexity index is 436. The lowest BCUT2D eigenvalue weighted by Gasteiger charge is -2.41. The second-order valence-corrected chi connectivity index (χ2v) is 6.17. The second-order valence-electron chi connectivity index (χ2n) is 6.17. The SMILES string of the molecule is C=C(C)CN1CC(C2CC2)NCC1c1ccccc1. The molecule has 2 atom stereocenters. The number of nitrogens with zero attached hydrogens (tertiary/aromatic N) is 1. The van der Waals surface area contributed by atoms with Crippen molar-refractivity contribution in [2.24, 2.45) is 5.92 Å². The predicted octanol–water partition coefficient (Wildman–Crippen LogP) is 2.99. The largest absolute Gasteiger partial charge is 0.311 e. The van der Waals surface area contributed by atoms with E-state index in [-0.39, 0.29) is 0 Å². The van der Waals surface area contributed by atoms with Crippen molar-refractivity contribution < 1.29 is 0 Å². The lowest BCUT2D eigenvalue weighted by atomic mass is 9.98. The lowest BCUT2D eigenvalue weighted by molar-refractivity contribution is 0.134. The summed E-state index contributed by atoms with van der Waals surface area (Å²) in [7, 11) is 0. The van der Waals surface area contributed by atoms with Gasteiger partial charge in [-0.15, -0.1) is 0 Å². The van der Waals surface area contributed by atoms with Gasteiger partial charge in [0.05, 0.1) is 0 Å². The molecule has 1 aliphatic heterocycles. The Hall–Kier alpha value is -1.12. The van der Waals surface area contributed by atoms with Gasteiger partial charge in [-0.3, -0.25) is 4.90 Å². The van der Waals surface area contributed by atoms with Crippen LogP contribution in [-0.2, 0) is 0 Å². The van der Waals surface area contributed by atoms with Crippen LogP contribution in [0.4, 0.5) is 0 Å². The minimum Gasteiger partial charge on any atom is -0.311 e. The van der Waals surface area contributed by atoms with Gasteiger partial charge in [0.15, 0.2) is 0 Å². The van der Waals surface area contributed by atoms with Gasteiger partial charge in [-0.2, -0.15) is 0 Å². The lowest BCUT2D eigenvalue weighted by Crippen LogP contribution is -2.53. The molecule has 1 aromatic carbocycles. The zero-order valence-electron chi connectivity index (χ0n) is 11.8. The average Bonchev–Trinajstić information content (AvgIpc) is 3.23. The van der Waals surface area contributed by atoms with Gasteiger partial charge in [-0.1, -0.05) is 42.5 Å². The van der Waals surface area contributed by atoms with Crippen LogP contribution in [0.25, 0.3) is 0 Å². The van der Waals surface area contributed by atoms with Crippen LogP contribution in [0, 0.1) is 5.92 Å². The Morgan fingerprint density at radius 1 is 1.32 bits per heavy atom. The van der Waals surface area contributed by atoms with Crippen LogP contribution >= 0.6 is 0 Å². The molecule has 1 N–H and O–H groups in total. The summed E-state index contributed by atoms with van der Waals surface area (Å²) in [6.45, 7) is 9.49. The molecule has 1 heterocycles. The van der Waals surface area contributed by atoms with Gasteiger partial charge >= 0.3 is 0 Å². The monoisotopic (exact) mass is 256 g/mol. The summed E-state index contributed by atoms with van der Waals surface area (Å²) in [5.74, 6) is 0.921. The molecule has 1 saturated heterocycles. The van der Waals surface area contributed by atoms with Gasteiger partial charge in [-0.25, -0.2) is 0 Å². The third-order valence-corrected chi connectivity index (χ3v) is 4.29. The number of rotatable bonds is 4. The number of hydrogen-bond donors (Lipinski definition) is 1. The summed E-state index contributed by atoms with van der Waals surface area (Å²) in [4.78, 5) is 2.61. The summed E-state index contributed by atoms with van der Waals surface area (Å²) in [6.07, 6.45) is 2.82. The third-order valence-electron chi connectivity index (χ3n) is 4.29. The van der Waals surface area contributed by atoms with Crippen molar-refractivity contribution in [1.29, 1.82) is 0 Å². The van der Waals surface area contributed by atoms with Gasteiger partial charge in [0.2, 0.25) is 0 Å². The van der Waals surface area contributed by atoms with Crippen molar-refractivity contribution in [2.75, 3.05) is 19.6 Å². The fourth-order valence-corrected chi connectivity index (χ4v) is 3.18. The van der Waals surface area contributed by atoms with Crippen molar-refractivity contribution in [1.82, 2.24) is 10.2 Å². The Balaban J connectivity index is 1.75. The smallest absolute Gasteiger partial charge is 0.0476 e. The van der Waals surface area contributed by atoms with E-state index in [1.54, 1.807) is 0 Å². The Kier molecular flexibility index (Phi) is 3.72. The van der Waals surface area contributed by atoms with E-state index in [0.717, 1.165) is 25.6 Å². The van der Waals surface area contributed by atoms with Gasteiger partial charge in [0.25, 0.3) is 0 Å². The first-order valence-electron chi connectivity index (χ1n) is 7.41. The van der Waals surface area contributed by atoms with Gasteiger partial charge < -0.3 is 5.32 Å². The van der Waals surface area contributed by atoms with Crippen LogP contribution in [0.2, 0.25) is 0 Å². The minimum absolute atomic E-state index is 0.493. The Morgan fingerprint density at radius 2 is 2.05 bits per heavy atom. The molecule has 2 nitrogen and oxygen atoms in total. The molecular formula is C17H24N2. The van der Waals surface area contributed by atoms with E-state index >= 15 is 0 Å².